The lowest BCUT2D eigenvalue weighted by Crippen LogP contribution is -1.96. The van der Waals surface area contributed by atoms with E-state index in [0.717, 1.165) is 13.2 Å². The lowest BCUT2D eigenvalue weighted by molar-refractivity contribution is 0.176. The molecule has 0 bridgehead atoms. The standard InChI is InChI=1S/C5H9O2/c1-2-6-3-5-4-7-5/h2,5H,3-4H2,1H3. The maximum absolute atomic E-state index is 4.91. The van der Waals surface area contributed by atoms with Gasteiger partial charge in [-0.15, -0.1) is 0 Å². The molecule has 0 N–H and O–H groups in total. The summed E-state index contributed by atoms with van der Waals surface area (Å²) in [7, 11) is 0. The van der Waals surface area contributed by atoms with Gasteiger partial charge in [0, 0.05) is 0 Å². The fourth-order valence-electron chi connectivity index (χ4n) is 0.368. The molecule has 0 aliphatic carbocycles. The number of rotatable bonds is 3. The Labute approximate surface area is 43.4 Å². The molecule has 1 atom stereocenters. The summed E-state index contributed by atoms with van der Waals surface area (Å²) < 4.78 is 9.77. The largest absolute Gasteiger partial charge is 0.373 e. The molecule has 0 spiro atoms. The molecule has 7 heavy (non-hydrogen) atoms. The minimum absolute atomic E-state index is 0.399. The van der Waals surface area contributed by atoms with Gasteiger partial charge in [-0.1, -0.05) is 0 Å². The molecule has 0 amide bonds. The van der Waals surface area contributed by atoms with Crippen molar-refractivity contribution < 1.29 is 9.47 Å². The number of hydrogen-bond donors (Lipinski definition) is 0. The first-order valence-corrected chi connectivity index (χ1v) is 2.44. The van der Waals surface area contributed by atoms with Crippen LogP contribution in [0.1, 0.15) is 6.92 Å². The van der Waals surface area contributed by atoms with Crippen LogP contribution >= 0.6 is 0 Å². The number of hydrogen-bond acceptors (Lipinski definition) is 2. The van der Waals surface area contributed by atoms with E-state index in [-0.39, 0.29) is 0 Å². The molecule has 1 aliphatic rings. The zero-order valence-electron chi connectivity index (χ0n) is 4.39. The van der Waals surface area contributed by atoms with Crippen LogP contribution in [-0.2, 0) is 9.47 Å². The maximum Gasteiger partial charge on any atom is 0.104 e. The average molecular weight is 101 g/mol. The van der Waals surface area contributed by atoms with Crippen molar-refractivity contribution in [3.8, 4) is 0 Å². The van der Waals surface area contributed by atoms with Gasteiger partial charge >= 0.3 is 0 Å². The van der Waals surface area contributed by atoms with Crippen LogP contribution in [0.25, 0.3) is 0 Å². The van der Waals surface area contributed by atoms with E-state index in [1.165, 1.54) is 0 Å². The van der Waals surface area contributed by atoms with Crippen molar-refractivity contribution in [3.63, 3.8) is 0 Å². The average Bonchev–Trinajstić information content (AvgIpc) is 2.42. The molecule has 1 rings (SSSR count). The van der Waals surface area contributed by atoms with E-state index in [0.29, 0.717) is 6.10 Å². The van der Waals surface area contributed by atoms with Gasteiger partial charge in [0.1, 0.15) is 6.10 Å². The van der Waals surface area contributed by atoms with Gasteiger partial charge in [-0.2, -0.15) is 0 Å². The van der Waals surface area contributed by atoms with Crippen LogP contribution in [0.5, 0.6) is 0 Å². The van der Waals surface area contributed by atoms with Crippen molar-refractivity contribution in [2.45, 2.75) is 13.0 Å². The van der Waals surface area contributed by atoms with E-state index in [1.54, 1.807) is 6.61 Å². The molecule has 2 nitrogen and oxygen atoms in total. The van der Waals surface area contributed by atoms with Crippen LogP contribution in [-0.4, -0.2) is 19.3 Å². The van der Waals surface area contributed by atoms with Gasteiger partial charge in [0.05, 0.1) is 19.8 Å². The topological polar surface area (TPSA) is 21.8 Å². The molecule has 0 aromatic rings. The first-order chi connectivity index (χ1) is 3.43. The van der Waals surface area contributed by atoms with Crippen molar-refractivity contribution >= 4 is 0 Å². The molecule has 1 saturated heterocycles. The lowest BCUT2D eigenvalue weighted by Gasteiger charge is -1.90. The van der Waals surface area contributed by atoms with Gasteiger partial charge in [-0.25, -0.2) is 0 Å². The Morgan fingerprint density at radius 3 is 3.14 bits per heavy atom. The van der Waals surface area contributed by atoms with E-state index in [2.05, 4.69) is 0 Å². The molecule has 1 fully saturated rings. The Morgan fingerprint density at radius 2 is 2.71 bits per heavy atom. The molecule has 1 unspecified atom stereocenters. The highest BCUT2D eigenvalue weighted by molar-refractivity contribution is 4.67. The molecule has 1 heterocycles. The van der Waals surface area contributed by atoms with Gasteiger partial charge in [-0.05, 0) is 6.92 Å². The second-order valence-corrected chi connectivity index (χ2v) is 1.52. The highest BCUT2D eigenvalue weighted by Crippen LogP contribution is 2.08. The predicted molar refractivity (Wildman–Crippen MR) is 25.7 cm³/mol. The van der Waals surface area contributed by atoms with Crippen LogP contribution in [0.2, 0.25) is 0 Å². The van der Waals surface area contributed by atoms with Crippen LogP contribution < -0.4 is 0 Å². The molecular formula is C5H9O2. The Hall–Kier alpha value is -0.0800. The Balaban J connectivity index is 1.80. The molecule has 1 radical (unpaired) electrons. The summed E-state index contributed by atoms with van der Waals surface area (Å²) in [6.07, 6.45) is 0.399. The van der Waals surface area contributed by atoms with E-state index < -0.39 is 0 Å². The predicted octanol–water partition coefficient (Wildman–Crippen LogP) is 0.583. The number of epoxide rings is 1. The van der Waals surface area contributed by atoms with Crippen LogP contribution in [0, 0.1) is 6.61 Å². The summed E-state index contributed by atoms with van der Waals surface area (Å²) in [4.78, 5) is 0. The SMILES string of the molecule is C[CH]OCC1CO1. The van der Waals surface area contributed by atoms with E-state index in [1.807, 2.05) is 6.92 Å². The highest BCUT2D eigenvalue weighted by Gasteiger charge is 2.21. The monoisotopic (exact) mass is 101 g/mol. The molecule has 0 aromatic carbocycles. The van der Waals surface area contributed by atoms with E-state index in [9.17, 15) is 0 Å². The van der Waals surface area contributed by atoms with E-state index >= 15 is 0 Å². The third kappa shape index (κ3) is 1.90. The van der Waals surface area contributed by atoms with Crippen molar-refractivity contribution in [2.24, 2.45) is 0 Å². The quantitative estimate of drug-likeness (QED) is 0.485. The van der Waals surface area contributed by atoms with E-state index in [4.69, 9.17) is 9.47 Å². The second-order valence-electron chi connectivity index (χ2n) is 1.52. The molecule has 0 aromatic heterocycles. The highest BCUT2D eigenvalue weighted by atomic mass is 16.6. The van der Waals surface area contributed by atoms with Crippen LogP contribution in [0.15, 0.2) is 0 Å². The van der Waals surface area contributed by atoms with Crippen LogP contribution in [0.4, 0.5) is 0 Å². The normalized spacial score (nSPS) is 27.9. The summed E-state index contributed by atoms with van der Waals surface area (Å²) in [5.41, 5.74) is 0. The minimum Gasteiger partial charge on any atom is -0.373 e. The van der Waals surface area contributed by atoms with Crippen LogP contribution in [0.3, 0.4) is 0 Å². The Bertz CT molecular complexity index is 50.0. The van der Waals surface area contributed by atoms with Gasteiger partial charge < -0.3 is 9.47 Å². The number of ether oxygens (including phenoxy) is 2. The summed E-state index contributed by atoms with van der Waals surface area (Å²) >= 11 is 0. The molecule has 41 valence electrons. The third-order valence-electron chi connectivity index (χ3n) is 0.851. The molecule has 1 aliphatic heterocycles. The Morgan fingerprint density at radius 1 is 2.00 bits per heavy atom. The lowest BCUT2D eigenvalue weighted by atomic mass is 10.5. The minimum atomic E-state index is 0.399. The second kappa shape index (κ2) is 2.28. The van der Waals surface area contributed by atoms with Crippen molar-refractivity contribution in [3.05, 3.63) is 6.61 Å². The first-order valence-electron chi connectivity index (χ1n) is 2.44. The maximum atomic E-state index is 4.91. The van der Waals surface area contributed by atoms with Gasteiger partial charge in [0.25, 0.3) is 0 Å². The fourth-order valence-corrected chi connectivity index (χ4v) is 0.368. The Kier molecular flexibility index (Phi) is 1.65. The zero-order chi connectivity index (χ0) is 5.11. The summed E-state index contributed by atoms with van der Waals surface area (Å²) in [6.45, 7) is 5.16. The first kappa shape index (κ1) is 5.06. The van der Waals surface area contributed by atoms with Gasteiger partial charge in [0.15, 0.2) is 0 Å². The molecule has 2 heteroatoms. The summed E-state index contributed by atoms with van der Waals surface area (Å²) in [5, 5.41) is 0. The van der Waals surface area contributed by atoms with Crippen molar-refractivity contribution in [2.75, 3.05) is 13.2 Å². The van der Waals surface area contributed by atoms with Crippen molar-refractivity contribution in [1.82, 2.24) is 0 Å². The van der Waals surface area contributed by atoms with Gasteiger partial charge in [0.2, 0.25) is 0 Å². The fraction of sp³-hybridized carbons (Fsp3) is 0.800. The smallest absolute Gasteiger partial charge is 0.104 e. The zero-order valence-corrected chi connectivity index (χ0v) is 4.39. The molecule has 0 saturated carbocycles. The summed E-state index contributed by atoms with van der Waals surface area (Å²) in [6, 6.07) is 0. The van der Waals surface area contributed by atoms with Gasteiger partial charge in [-0.3, -0.25) is 0 Å². The molecular weight excluding hydrogens is 92.1 g/mol. The summed E-state index contributed by atoms with van der Waals surface area (Å²) in [5.74, 6) is 0. The van der Waals surface area contributed by atoms with Crippen molar-refractivity contribution in [1.29, 1.82) is 0 Å². The third-order valence-corrected chi connectivity index (χ3v) is 0.851.